The summed E-state index contributed by atoms with van der Waals surface area (Å²) in [4.78, 5) is 12.1. The molecule has 1 aliphatic rings. The first-order valence-corrected chi connectivity index (χ1v) is 19.4. The molecule has 0 spiro atoms. The van der Waals surface area contributed by atoms with E-state index in [0.29, 0.717) is 13.0 Å². The van der Waals surface area contributed by atoms with E-state index in [4.69, 9.17) is 18.9 Å². The smallest absolute Gasteiger partial charge is 0.306 e. The fourth-order valence-corrected chi connectivity index (χ4v) is 5.79. The van der Waals surface area contributed by atoms with Gasteiger partial charge in [-0.2, -0.15) is 0 Å². The van der Waals surface area contributed by atoms with Crippen molar-refractivity contribution in [3.8, 4) is 0 Å². The van der Waals surface area contributed by atoms with Gasteiger partial charge in [-0.15, -0.1) is 0 Å². The lowest BCUT2D eigenvalue weighted by Gasteiger charge is -2.39. The molecule has 1 heterocycles. The molecule has 6 unspecified atom stereocenters. The topological polar surface area (TPSA) is 135 Å². The fourth-order valence-electron chi connectivity index (χ4n) is 5.79. The number of hydrogen-bond acceptors (Lipinski definition) is 9. The maximum absolute atomic E-state index is 12.1. The van der Waals surface area contributed by atoms with Crippen LogP contribution < -0.4 is 0 Å². The summed E-state index contributed by atoms with van der Waals surface area (Å²) in [6, 6.07) is 0. The number of ether oxygens (including phenoxy) is 4. The quantitative estimate of drug-likeness (QED) is 0.0323. The second-order valence-corrected chi connectivity index (χ2v) is 13.4. The molecular formula is C39H72O9. The number of aliphatic hydroxyl groups is 4. The minimum Gasteiger partial charge on any atom is -0.457 e. The molecule has 1 fully saturated rings. The van der Waals surface area contributed by atoms with Crippen LogP contribution in [0.1, 0.15) is 155 Å². The molecule has 282 valence electrons. The van der Waals surface area contributed by atoms with Crippen molar-refractivity contribution in [2.24, 2.45) is 0 Å². The van der Waals surface area contributed by atoms with Gasteiger partial charge in [-0.1, -0.05) is 128 Å². The van der Waals surface area contributed by atoms with Crippen LogP contribution >= 0.6 is 0 Å². The lowest BCUT2D eigenvalue weighted by molar-refractivity contribution is -0.305. The summed E-state index contributed by atoms with van der Waals surface area (Å²) in [5.74, 6) is -0.367. The van der Waals surface area contributed by atoms with Crippen molar-refractivity contribution >= 4 is 5.97 Å². The second kappa shape index (κ2) is 31.6. The first kappa shape index (κ1) is 44.7. The largest absolute Gasteiger partial charge is 0.457 e. The van der Waals surface area contributed by atoms with Crippen molar-refractivity contribution in [1.82, 2.24) is 0 Å². The molecule has 0 radical (unpaired) electrons. The van der Waals surface area contributed by atoms with Crippen LogP contribution in [0.25, 0.3) is 0 Å². The van der Waals surface area contributed by atoms with Gasteiger partial charge < -0.3 is 39.4 Å². The van der Waals surface area contributed by atoms with Crippen LogP contribution in [0.3, 0.4) is 0 Å². The minimum absolute atomic E-state index is 0.118. The van der Waals surface area contributed by atoms with Gasteiger partial charge in [0.15, 0.2) is 6.29 Å². The number of unbranched alkanes of at least 4 members (excludes halogenated alkanes) is 17. The van der Waals surface area contributed by atoms with E-state index in [-0.39, 0.29) is 25.6 Å². The number of allylic oxidation sites excluding steroid dienone is 4. The maximum Gasteiger partial charge on any atom is 0.306 e. The van der Waals surface area contributed by atoms with Gasteiger partial charge in [0.1, 0.15) is 30.5 Å². The van der Waals surface area contributed by atoms with E-state index in [1.807, 2.05) is 6.92 Å². The van der Waals surface area contributed by atoms with Gasteiger partial charge in [0, 0.05) is 13.0 Å². The lowest BCUT2D eigenvalue weighted by atomic mass is 9.99. The summed E-state index contributed by atoms with van der Waals surface area (Å²) in [5.41, 5.74) is 0. The molecule has 0 amide bonds. The van der Waals surface area contributed by atoms with Crippen LogP contribution in [-0.2, 0) is 23.7 Å². The predicted molar refractivity (Wildman–Crippen MR) is 192 cm³/mol. The highest BCUT2D eigenvalue weighted by Crippen LogP contribution is 2.22. The zero-order valence-corrected chi connectivity index (χ0v) is 30.5. The highest BCUT2D eigenvalue weighted by Gasteiger charge is 2.44. The molecular weight excluding hydrogens is 612 g/mol. The molecule has 4 N–H and O–H groups in total. The van der Waals surface area contributed by atoms with Gasteiger partial charge in [-0.25, -0.2) is 0 Å². The molecule has 1 rings (SSSR count). The average Bonchev–Trinajstić information content (AvgIpc) is 3.08. The molecule has 0 aliphatic carbocycles. The first-order valence-electron chi connectivity index (χ1n) is 19.4. The Morgan fingerprint density at radius 3 is 1.75 bits per heavy atom. The Morgan fingerprint density at radius 1 is 0.667 bits per heavy atom. The van der Waals surface area contributed by atoms with E-state index in [1.165, 1.54) is 109 Å². The number of esters is 1. The predicted octanol–water partition coefficient (Wildman–Crippen LogP) is 7.47. The van der Waals surface area contributed by atoms with Crippen LogP contribution in [-0.4, -0.2) is 89.6 Å². The Morgan fingerprint density at radius 2 is 1.21 bits per heavy atom. The summed E-state index contributed by atoms with van der Waals surface area (Å²) in [6.07, 6.45) is 28.1. The third-order valence-corrected chi connectivity index (χ3v) is 8.84. The Balaban J connectivity index is 2.00. The minimum atomic E-state index is -1.53. The van der Waals surface area contributed by atoms with Crippen LogP contribution in [0.5, 0.6) is 0 Å². The van der Waals surface area contributed by atoms with Gasteiger partial charge in [0.05, 0.1) is 19.8 Å². The first-order chi connectivity index (χ1) is 23.4. The zero-order chi connectivity index (χ0) is 35.1. The normalized spacial score (nSPS) is 22.2. The second-order valence-electron chi connectivity index (χ2n) is 13.4. The van der Waals surface area contributed by atoms with Crippen LogP contribution in [0.4, 0.5) is 0 Å². The van der Waals surface area contributed by atoms with E-state index in [9.17, 15) is 25.2 Å². The van der Waals surface area contributed by atoms with Gasteiger partial charge in [0.2, 0.25) is 0 Å². The van der Waals surface area contributed by atoms with Crippen molar-refractivity contribution in [1.29, 1.82) is 0 Å². The van der Waals surface area contributed by atoms with Crippen molar-refractivity contribution in [3.05, 3.63) is 24.3 Å². The van der Waals surface area contributed by atoms with Crippen LogP contribution in [0, 0.1) is 0 Å². The Hall–Kier alpha value is -1.33. The van der Waals surface area contributed by atoms with E-state index >= 15 is 0 Å². The molecule has 1 saturated heterocycles. The maximum atomic E-state index is 12.1. The molecule has 1 aliphatic heterocycles. The van der Waals surface area contributed by atoms with E-state index in [0.717, 1.165) is 19.3 Å². The molecule has 9 heteroatoms. The molecule has 48 heavy (non-hydrogen) atoms. The van der Waals surface area contributed by atoms with Gasteiger partial charge >= 0.3 is 5.97 Å². The molecule has 0 aromatic heterocycles. The molecule has 9 nitrogen and oxygen atoms in total. The highest BCUT2D eigenvalue weighted by molar-refractivity contribution is 5.69. The third kappa shape index (κ3) is 23.1. The van der Waals surface area contributed by atoms with Crippen molar-refractivity contribution < 1.29 is 44.2 Å². The summed E-state index contributed by atoms with van der Waals surface area (Å²) in [5, 5.41) is 39.5. The van der Waals surface area contributed by atoms with Crippen molar-refractivity contribution in [2.75, 3.05) is 26.4 Å². The Bertz CT molecular complexity index is 787. The zero-order valence-electron chi connectivity index (χ0n) is 30.5. The number of carbonyl (C=O) groups is 1. The fraction of sp³-hybridized carbons (Fsp3) is 0.872. The van der Waals surface area contributed by atoms with Crippen molar-refractivity contribution in [3.63, 3.8) is 0 Å². The third-order valence-electron chi connectivity index (χ3n) is 8.84. The summed E-state index contributed by atoms with van der Waals surface area (Å²) >= 11 is 0. The Kier molecular flexibility index (Phi) is 29.5. The van der Waals surface area contributed by atoms with Crippen molar-refractivity contribution in [2.45, 2.75) is 192 Å². The van der Waals surface area contributed by atoms with E-state index in [1.54, 1.807) is 0 Å². The highest BCUT2D eigenvalue weighted by atomic mass is 16.7. The standard InChI is InChI=1S/C39H72O9/c1-3-5-6-7-8-9-10-11-12-13-14-15-16-17-18-19-20-21-22-23-24-25-26-27-29-45-31-33(47-35(41)28-4-2)32-46-39-38(44)37(43)36(42)34(30-40)48-39/h10-11,13-14,33-34,36-40,42-44H,3-9,12,15-32H2,1-2H3/b11-10-,14-13-. The SMILES string of the molecule is CCCCCCC/C=C\C/C=C\CCCCCCCCCCCCCCOCC(COC1OC(CO)C(O)C(O)C1O)OC(=O)CCC. The number of rotatable bonds is 32. The number of hydrogen-bond donors (Lipinski definition) is 4. The molecule has 0 bridgehead atoms. The number of carbonyl (C=O) groups excluding carboxylic acids is 1. The molecule has 0 aromatic carbocycles. The lowest BCUT2D eigenvalue weighted by Crippen LogP contribution is -2.59. The van der Waals surface area contributed by atoms with Gasteiger partial charge in [-0.05, 0) is 44.9 Å². The van der Waals surface area contributed by atoms with Gasteiger partial charge in [0.25, 0.3) is 0 Å². The number of aliphatic hydroxyl groups excluding tert-OH is 4. The molecule has 6 atom stereocenters. The molecule has 0 aromatic rings. The Labute approximate surface area is 292 Å². The van der Waals surface area contributed by atoms with E-state index < -0.39 is 43.4 Å². The summed E-state index contributed by atoms with van der Waals surface area (Å²) < 4.78 is 22.2. The van der Waals surface area contributed by atoms with Crippen LogP contribution in [0.2, 0.25) is 0 Å². The monoisotopic (exact) mass is 685 g/mol. The average molecular weight is 685 g/mol. The molecule has 0 saturated carbocycles. The summed E-state index contributed by atoms with van der Waals surface area (Å²) in [6.45, 7) is 4.18. The van der Waals surface area contributed by atoms with Gasteiger partial charge in [-0.3, -0.25) is 4.79 Å². The van der Waals surface area contributed by atoms with E-state index in [2.05, 4.69) is 31.2 Å². The summed E-state index contributed by atoms with van der Waals surface area (Å²) in [7, 11) is 0. The van der Waals surface area contributed by atoms with Crippen LogP contribution in [0.15, 0.2) is 24.3 Å².